The maximum Gasteiger partial charge on any atom is 0.321 e. The molecule has 0 amide bonds. The minimum atomic E-state index is -0.867. The smallest absolute Gasteiger partial charge is 0.321 e. The molecule has 1 atom stereocenters. The number of pyridine rings is 1. The third-order valence-corrected chi connectivity index (χ3v) is 3.34. The zero-order valence-corrected chi connectivity index (χ0v) is 10.0. The zero-order chi connectivity index (χ0) is 12.3. The minimum absolute atomic E-state index is 0.404. The molecule has 0 saturated carbocycles. The Morgan fingerprint density at radius 1 is 1.59 bits per heavy atom. The van der Waals surface area contributed by atoms with Crippen molar-refractivity contribution in [3.63, 3.8) is 0 Å². The summed E-state index contributed by atoms with van der Waals surface area (Å²) in [4.78, 5) is 10.8. The molecule has 2 rings (SSSR count). The highest BCUT2D eigenvalue weighted by atomic mass is 32.2. The van der Waals surface area contributed by atoms with E-state index in [9.17, 15) is 4.79 Å². The second-order valence-electron chi connectivity index (χ2n) is 3.40. The number of hydrogen-bond donors (Lipinski definition) is 2. The van der Waals surface area contributed by atoms with E-state index in [0.29, 0.717) is 10.9 Å². The number of likely N-dealkylation sites (N-methyl/N-ethyl adjacent to an activating group) is 1. The second-order valence-corrected chi connectivity index (χ2v) is 4.39. The molecule has 0 saturated heterocycles. The maximum absolute atomic E-state index is 10.8. The van der Waals surface area contributed by atoms with Crippen molar-refractivity contribution in [2.24, 2.45) is 0 Å². The molecule has 2 aromatic rings. The van der Waals surface area contributed by atoms with Crippen molar-refractivity contribution in [1.82, 2.24) is 19.9 Å². The average Bonchev–Trinajstić information content (AvgIpc) is 2.73. The fraction of sp³-hybridized carbons (Fsp3) is 0.300. The summed E-state index contributed by atoms with van der Waals surface area (Å²) in [6, 6.07) is 5.03. The summed E-state index contributed by atoms with van der Waals surface area (Å²) in [6.45, 7) is 0. The van der Waals surface area contributed by atoms with Gasteiger partial charge in [0.2, 0.25) is 0 Å². The molecule has 0 aliphatic heterocycles. The summed E-state index contributed by atoms with van der Waals surface area (Å²) in [5, 5.41) is 20.3. The van der Waals surface area contributed by atoms with Gasteiger partial charge in [-0.3, -0.25) is 9.20 Å². The Hall–Kier alpha value is -1.60. The van der Waals surface area contributed by atoms with Gasteiger partial charge in [-0.15, -0.1) is 10.2 Å². The van der Waals surface area contributed by atoms with Crippen LogP contribution in [0.15, 0.2) is 29.6 Å². The number of aromatic nitrogens is 3. The second kappa shape index (κ2) is 5.15. The molecule has 90 valence electrons. The summed E-state index contributed by atoms with van der Waals surface area (Å²) in [6.07, 6.45) is 1.85. The van der Waals surface area contributed by atoms with E-state index >= 15 is 0 Å². The lowest BCUT2D eigenvalue weighted by Crippen LogP contribution is -2.36. The van der Waals surface area contributed by atoms with Gasteiger partial charge in [-0.1, -0.05) is 17.8 Å². The van der Waals surface area contributed by atoms with Gasteiger partial charge in [0.1, 0.15) is 6.04 Å². The summed E-state index contributed by atoms with van der Waals surface area (Å²) in [5.74, 6) is -0.463. The van der Waals surface area contributed by atoms with Crippen LogP contribution >= 0.6 is 11.8 Å². The molecule has 0 radical (unpaired) electrons. The monoisotopic (exact) mass is 252 g/mol. The van der Waals surface area contributed by atoms with Gasteiger partial charge in [-0.25, -0.2) is 0 Å². The highest BCUT2D eigenvalue weighted by molar-refractivity contribution is 7.99. The van der Waals surface area contributed by atoms with Crippen molar-refractivity contribution < 1.29 is 9.90 Å². The average molecular weight is 252 g/mol. The molecule has 17 heavy (non-hydrogen) atoms. The van der Waals surface area contributed by atoms with Crippen molar-refractivity contribution in [3.05, 3.63) is 24.4 Å². The first-order valence-corrected chi connectivity index (χ1v) is 6.03. The largest absolute Gasteiger partial charge is 0.480 e. The minimum Gasteiger partial charge on any atom is -0.480 e. The van der Waals surface area contributed by atoms with Crippen LogP contribution in [0.3, 0.4) is 0 Å². The van der Waals surface area contributed by atoms with Gasteiger partial charge < -0.3 is 10.4 Å². The van der Waals surface area contributed by atoms with Crippen LogP contribution < -0.4 is 5.32 Å². The summed E-state index contributed by atoms with van der Waals surface area (Å²) in [5.41, 5.74) is 0.756. The van der Waals surface area contributed by atoms with Crippen LogP contribution in [-0.4, -0.2) is 44.5 Å². The Morgan fingerprint density at radius 3 is 3.12 bits per heavy atom. The number of fused-ring (bicyclic) bond motifs is 1. The number of carboxylic acid groups (broad SMARTS) is 1. The lowest BCUT2D eigenvalue weighted by atomic mass is 10.3. The maximum atomic E-state index is 10.8. The van der Waals surface area contributed by atoms with Crippen molar-refractivity contribution in [1.29, 1.82) is 0 Å². The van der Waals surface area contributed by atoms with Crippen LogP contribution in [-0.2, 0) is 4.79 Å². The van der Waals surface area contributed by atoms with E-state index in [4.69, 9.17) is 5.11 Å². The van der Waals surface area contributed by atoms with Gasteiger partial charge in [0, 0.05) is 11.9 Å². The Morgan fingerprint density at radius 2 is 2.41 bits per heavy atom. The molecule has 0 spiro atoms. The van der Waals surface area contributed by atoms with Crippen molar-refractivity contribution >= 4 is 23.4 Å². The number of carboxylic acids is 1. The normalized spacial score (nSPS) is 12.8. The highest BCUT2D eigenvalue weighted by Crippen LogP contribution is 2.17. The first-order chi connectivity index (χ1) is 8.22. The van der Waals surface area contributed by atoms with Crippen LogP contribution in [0.2, 0.25) is 0 Å². The predicted octanol–water partition coefficient (Wildman–Crippen LogP) is 0.494. The Kier molecular flexibility index (Phi) is 3.60. The van der Waals surface area contributed by atoms with E-state index in [2.05, 4.69) is 15.5 Å². The third kappa shape index (κ3) is 2.56. The number of nitrogens with one attached hydrogen (secondary N) is 1. The van der Waals surface area contributed by atoms with Gasteiger partial charge >= 0.3 is 5.97 Å². The Bertz CT molecular complexity index is 528. The quantitative estimate of drug-likeness (QED) is 0.754. The fourth-order valence-corrected chi connectivity index (χ4v) is 2.37. The number of nitrogens with zero attached hydrogens (tertiary/aromatic N) is 3. The molecule has 0 aromatic carbocycles. The van der Waals surface area contributed by atoms with Crippen LogP contribution in [0.25, 0.3) is 5.65 Å². The SMILES string of the molecule is CNC(CSc1nnc2ccccn12)C(=O)O. The van der Waals surface area contributed by atoms with Gasteiger partial charge in [0.05, 0.1) is 0 Å². The van der Waals surface area contributed by atoms with E-state index in [1.165, 1.54) is 11.8 Å². The Labute approximate surface area is 102 Å². The van der Waals surface area contributed by atoms with Crippen LogP contribution in [0, 0.1) is 0 Å². The highest BCUT2D eigenvalue weighted by Gasteiger charge is 2.16. The third-order valence-electron chi connectivity index (χ3n) is 2.31. The van der Waals surface area contributed by atoms with Crippen molar-refractivity contribution in [2.75, 3.05) is 12.8 Å². The number of carbonyl (C=O) groups is 1. The van der Waals surface area contributed by atoms with E-state index in [1.54, 1.807) is 7.05 Å². The van der Waals surface area contributed by atoms with Crippen LogP contribution in [0.4, 0.5) is 0 Å². The topological polar surface area (TPSA) is 79.5 Å². The number of thioether (sulfide) groups is 1. The molecule has 1 unspecified atom stereocenters. The number of hydrogen-bond acceptors (Lipinski definition) is 5. The molecule has 2 aromatic heterocycles. The van der Waals surface area contributed by atoms with Gasteiger partial charge in [-0.05, 0) is 19.2 Å². The molecule has 0 bridgehead atoms. The summed E-state index contributed by atoms with van der Waals surface area (Å²) in [7, 11) is 1.63. The molecular formula is C10H12N4O2S. The zero-order valence-electron chi connectivity index (χ0n) is 9.20. The molecule has 0 aliphatic rings. The Balaban J connectivity index is 2.11. The first-order valence-electron chi connectivity index (χ1n) is 5.05. The lowest BCUT2D eigenvalue weighted by molar-refractivity contribution is -0.138. The molecule has 7 heteroatoms. The number of aliphatic carboxylic acids is 1. The standard InChI is InChI=1S/C10H12N4O2S/c1-11-7(9(15)16)6-17-10-13-12-8-4-2-3-5-14(8)10/h2-5,7,11H,6H2,1H3,(H,15,16). The van der Waals surface area contributed by atoms with E-state index < -0.39 is 12.0 Å². The molecule has 2 heterocycles. The fourth-order valence-electron chi connectivity index (χ4n) is 1.35. The first kappa shape index (κ1) is 11.9. The molecular weight excluding hydrogens is 240 g/mol. The van der Waals surface area contributed by atoms with Crippen LogP contribution in [0.1, 0.15) is 0 Å². The van der Waals surface area contributed by atoms with Gasteiger partial charge in [0.25, 0.3) is 0 Å². The molecule has 0 aliphatic carbocycles. The van der Waals surface area contributed by atoms with Gasteiger partial charge in [0.15, 0.2) is 10.8 Å². The molecule has 2 N–H and O–H groups in total. The summed E-state index contributed by atoms with van der Waals surface area (Å²) < 4.78 is 1.83. The van der Waals surface area contributed by atoms with E-state index in [0.717, 1.165) is 5.65 Å². The predicted molar refractivity (Wildman–Crippen MR) is 64.2 cm³/mol. The van der Waals surface area contributed by atoms with E-state index in [1.807, 2.05) is 28.8 Å². The molecule has 6 nitrogen and oxygen atoms in total. The molecule has 0 fully saturated rings. The number of rotatable bonds is 5. The van der Waals surface area contributed by atoms with Gasteiger partial charge in [-0.2, -0.15) is 0 Å². The van der Waals surface area contributed by atoms with Crippen molar-refractivity contribution in [3.8, 4) is 0 Å². The van der Waals surface area contributed by atoms with E-state index in [-0.39, 0.29) is 0 Å². The lowest BCUT2D eigenvalue weighted by Gasteiger charge is -2.09. The summed E-state index contributed by atoms with van der Waals surface area (Å²) >= 11 is 1.36. The van der Waals surface area contributed by atoms with Crippen molar-refractivity contribution in [2.45, 2.75) is 11.2 Å². The van der Waals surface area contributed by atoms with Crippen LogP contribution in [0.5, 0.6) is 0 Å².